The van der Waals surface area contributed by atoms with Crippen LogP contribution >= 0.6 is 0 Å². The van der Waals surface area contributed by atoms with Crippen molar-refractivity contribution in [1.82, 2.24) is 0 Å². The van der Waals surface area contributed by atoms with E-state index >= 15 is 0 Å². The summed E-state index contributed by atoms with van der Waals surface area (Å²) in [6.07, 6.45) is 1.49. The monoisotopic (exact) mass is 387 g/mol. The summed E-state index contributed by atoms with van der Waals surface area (Å²) in [7, 11) is -0.658. The Hall–Kier alpha value is 0.0600. The molecule has 0 spiro atoms. The zero-order valence-electron chi connectivity index (χ0n) is 15.3. The first-order valence-corrected chi connectivity index (χ1v) is 12.2. The van der Waals surface area contributed by atoms with E-state index in [1.165, 1.54) is 6.42 Å². The van der Waals surface area contributed by atoms with Gasteiger partial charge in [0.15, 0.2) is 0 Å². The topological polar surface area (TPSA) is 0 Å². The molecule has 0 N–H and O–H groups in total. The molecule has 1 saturated heterocycles. The molecule has 2 heteroatoms. The molecule has 3 rings (SSSR count). The van der Waals surface area contributed by atoms with Gasteiger partial charge in [-0.2, -0.15) is 0 Å². The number of hydrogen-bond donors (Lipinski definition) is 0. The summed E-state index contributed by atoms with van der Waals surface area (Å²) in [5.74, 6) is 0.618. The first-order chi connectivity index (χ1) is 10.2. The zero-order valence-corrected chi connectivity index (χ0v) is 18.9. The van der Waals surface area contributed by atoms with E-state index in [1.54, 1.807) is 79.1 Å². The second-order valence-corrected chi connectivity index (χ2v) is 12.8. The van der Waals surface area contributed by atoms with Gasteiger partial charge >= 0.3 is 154 Å². The molecule has 0 bridgehead atoms. The van der Waals surface area contributed by atoms with Crippen molar-refractivity contribution >= 4 is 8.80 Å². The maximum absolute atomic E-state index is 2.62. The minimum atomic E-state index is -0.658. The first-order valence-electron chi connectivity index (χ1n) is 8.76. The SMILES string of the molecule is CC1=C(C)C(C)C(C2=C(C)C(C)=[C]([Zr])C2(C)[SiH]2CCC2)=C1C. The normalized spacial score (nSPS) is 33.5. The molecule has 1 aliphatic heterocycles. The Labute approximate surface area is 153 Å². The van der Waals surface area contributed by atoms with Gasteiger partial charge in [-0.1, -0.05) is 0 Å². The summed E-state index contributed by atoms with van der Waals surface area (Å²) in [6, 6.07) is 3.12. The van der Waals surface area contributed by atoms with Crippen molar-refractivity contribution in [3.63, 3.8) is 0 Å². The average Bonchev–Trinajstić information content (AvgIpc) is 2.70. The first kappa shape index (κ1) is 16.9. The second-order valence-electron chi connectivity index (χ2n) is 7.90. The van der Waals surface area contributed by atoms with E-state index in [9.17, 15) is 0 Å². The molecular formula is C20H29SiZr. The fourth-order valence-corrected chi connectivity index (χ4v) is 10.6. The van der Waals surface area contributed by atoms with E-state index in [1.807, 2.05) is 0 Å². The molecule has 2 atom stereocenters. The van der Waals surface area contributed by atoms with Crippen molar-refractivity contribution in [3.05, 3.63) is 42.3 Å². The molecule has 0 nitrogen and oxygen atoms in total. The van der Waals surface area contributed by atoms with E-state index in [4.69, 9.17) is 0 Å². The van der Waals surface area contributed by atoms with E-state index in [0.29, 0.717) is 11.0 Å². The van der Waals surface area contributed by atoms with Crippen LogP contribution in [-0.4, -0.2) is 8.80 Å². The van der Waals surface area contributed by atoms with Gasteiger partial charge < -0.3 is 0 Å². The molecule has 0 saturated carbocycles. The Morgan fingerprint density at radius 2 is 1.55 bits per heavy atom. The predicted octanol–water partition coefficient (Wildman–Crippen LogP) is 5.83. The van der Waals surface area contributed by atoms with Crippen LogP contribution in [0.15, 0.2) is 42.3 Å². The molecule has 0 aromatic carbocycles. The molecule has 117 valence electrons. The summed E-state index contributed by atoms with van der Waals surface area (Å²) in [6.45, 7) is 16.9. The Morgan fingerprint density at radius 3 is 1.95 bits per heavy atom. The molecule has 1 heterocycles. The van der Waals surface area contributed by atoms with Crippen LogP contribution in [0, 0.1) is 5.92 Å². The molecule has 0 aromatic rings. The molecule has 2 unspecified atom stereocenters. The van der Waals surface area contributed by atoms with Crippen molar-refractivity contribution in [1.29, 1.82) is 0 Å². The van der Waals surface area contributed by atoms with Gasteiger partial charge in [-0.25, -0.2) is 0 Å². The Balaban J connectivity index is 2.18. The standard InChI is InChI=1S/C20H29Si.Zr/c1-12-11-20(7,21-9-8-10-21)19(13(12)2)18-16(5)14(3)15(4)17(18)6;/h16,21H,8-10H2,1-7H3;. The van der Waals surface area contributed by atoms with Crippen LogP contribution in [0.2, 0.25) is 17.1 Å². The van der Waals surface area contributed by atoms with Crippen LogP contribution in [0.4, 0.5) is 0 Å². The molecule has 2 aliphatic carbocycles. The summed E-state index contributed by atoms with van der Waals surface area (Å²) in [5, 5.41) is 0.459. The van der Waals surface area contributed by atoms with Gasteiger partial charge in [-0.05, 0) is 0 Å². The van der Waals surface area contributed by atoms with Crippen molar-refractivity contribution in [2.24, 2.45) is 5.92 Å². The van der Waals surface area contributed by atoms with E-state index in [2.05, 4.69) is 48.5 Å². The maximum atomic E-state index is 2.62. The zero-order chi connectivity index (χ0) is 16.4. The second kappa shape index (κ2) is 5.55. The Kier molecular flexibility index (Phi) is 4.27. The quantitative estimate of drug-likeness (QED) is 0.522. The van der Waals surface area contributed by atoms with Crippen LogP contribution in [0.5, 0.6) is 0 Å². The molecule has 22 heavy (non-hydrogen) atoms. The van der Waals surface area contributed by atoms with Crippen LogP contribution in [-0.2, 0) is 24.7 Å². The summed E-state index contributed by atoms with van der Waals surface area (Å²) in [5.41, 5.74) is 11.5. The third-order valence-electron chi connectivity index (χ3n) is 7.18. The summed E-state index contributed by atoms with van der Waals surface area (Å²) >= 11 is 1.66. The minimum absolute atomic E-state index is 0.459. The fourth-order valence-electron chi connectivity index (χ4n) is 4.92. The Bertz CT molecular complexity index is 670. The van der Waals surface area contributed by atoms with Crippen LogP contribution in [0.3, 0.4) is 0 Å². The molecule has 0 aromatic heterocycles. The molecule has 3 aliphatic rings. The molecule has 1 fully saturated rings. The predicted molar refractivity (Wildman–Crippen MR) is 95.4 cm³/mol. The third-order valence-corrected chi connectivity index (χ3v) is 14.5. The van der Waals surface area contributed by atoms with Gasteiger partial charge in [0.05, 0.1) is 0 Å². The molecule has 0 amide bonds. The number of allylic oxidation sites excluding steroid dienone is 8. The third kappa shape index (κ3) is 2.02. The molecule has 0 radical (unpaired) electrons. The Morgan fingerprint density at radius 1 is 0.955 bits per heavy atom. The van der Waals surface area contributed by atoms with Gasteiger partial charge in [0.2, 0.25) is 0 Å². The number of hydrogen-bond acceptors (Lipinski definition) is 0. The van der Waals surface area contributed by atoms with Crippen molar-refractivity contribution in [2.45, 2.75) is 72.0 Å². The van der Waals surface area contributed by atoms with Crippen LogP contribution in [0.25, 0.3) is 0 Å². The van der Waals surface area contributed by atoms with Crippen molar-refractivity contribution in [3.8, 4) is 0 Å². The molecular weight excluding hydrogens is 360 g/mol. The van der Waals surface area contributed by atoms with Gasteiger partial charge in [-0.3, -0.25) is 0 Å². The van der Waals surface area contributed by atoms with Crippen LogP contribution < -0.4 is 0 Å². The van der Waals surface area contributed by atoms with Gasteiger partial charge in [0, 0.05) is 0 Å². The van der Waals surface area contributed by atoms with Gasteiger partial charge in [-0.15, -0.1) is 0 Å². The van der Waals surface area contributed by atoms with E-state index < -0.39 is 8.80 Å². The fraction of sp³-hybridized carbons (Fsp3) is 0.600. The van der Waals surface area contributed by atoms with E-state index in [-0.39, 0.29) is 0 Å². The van der Waals surface area contributed by atoms with Gasteiger partial charge in [0.1, 0.15) is 0 Å². The number of rotatable bonds is 2. The van der Waals surface area contributed by atoms with Crippen molar-refractivity contribution in [2.75, 3.05) is 0 Å². The van der Waals surface area contributed by atoms with E-state index in [0.717, 1.165) is 0 Å². The summed E-state index contributed by atoms with van der Waals surface area (Å²) in [4.78, 5) is 0. The summed E-state index contributed by atoms with van der Waals surface area (Å²) < 4.78 is 1.79. The van der Waals surface area contributed by atoms with Crippen molar-refractivity contribution < 1.29 is 24.7 Å². The average molecular weight is 389 g/mol. The van der Waals surface area contributed by atoms with Crippen LogP contribution in [0.1, 0.15) is 54.9 Å². The van der Waals surface area contributed by atoms with Gasteiger partial charge in [0.25, 0.3) is 0 Å².